The Kier molecular flexibility index (Phi) is 6.42. The summed E-state index contributed by atoms with van der Waals surface area (Å²) in [6.07, 6.45) is 0.359. The average Bonchev–Trinajstić information content (AvgIpc) is 2.77. The summed E-state index contributed by atoms with van der Waals surface area (Å²) in [5.74, 6) is 0.0218. The Balaban J connectivity index is 1.48. The summed E-state index contributed by atoms with van der Waals surface area (Å²) >= 11 is 0. The maximum Gasteiger partial charge on any atom is 0.311 e. The van der Waals surface area contributed by atoms with Crippen LogP contribution in [0.1, 0.15) is 5.56 Å². The van der Waals surface area contributed by atoms with Crippen molar-refractivity contribution in [2.75, 3.05) is 20.3 Å². The van der Waals surface area contributed by atoms with Crippen molar-refractivity contribution >= 4 is 23.7 Å². The molecule has 0 saturated carbocycles. The number of nitrogens with zero attached hydrogens (tertiary/aromatic N) is 2. The average molecular weight is 414 g/mol. The lowest BCUT2D eigenvalue weighted by atomic mass is 10.2. The summed E-state index contributed by atoms with van der Waals surface area (Å²) in [6, 6.07) is 11.2. The van der Waals surface area contributed by atoms with Gasteiger partial charge < -0.3 is 19.5 Å². The summed E-state index contributed by atoms with van der Waals surface area (Å²) in [5.41, 5.74) is 2.39. The molecule has 156 valence electrons. The SMILES string of the molecule is COc1ccc(/C=N/NC(=O)CNC(=O)[C@H]2COc3ccccc3O2)cc1[N+](=O)[O-]. The van der Waals surface area contributed by atoms with Crippen LogP contribution in [-0.4, -0.2) is 49.3 Å². The van der Waals surface area contributed by atoms with Crippen LogP contribution < -0.4 is 25.0 Å². The van der Waals surface area contributed by atoms with E-state index in [-0.39, 0.29) is 24.6 Å². The fourth-order valence-corrected chi connectivity index (χ4v) is 2.58. The molecule has 11 heteroatoms. The lowest BCUT2D eigenvalue weighted by molar-refractivity contribution is -0.385. The minimum atomic E-state index is -0.879. The van der Waals surface area contributed by atoms with Gasteiger partial charge in [0, 0.05) is 11.6 Å². The number of hydrogen-bond donors (Lipinski definition) is 2. The van der Waals surface area contributed by atoms with Gasteiger partial charge in [-0.15, -0.1) is 0 Å². The van der Waals surface area contributed by atoms with Crippen LogP contribution in [0.2, 0.25) is 0 Å². The molecule has 0 fully saturated rings. The van der Waals surface area contributed by atoms with Crippen molar-refractivity contribution in [1.82, 2.24) is 10.7 Å². The van der Waals surface area contributed by atoms with E-state index in [1.54, 1.807) is 30.3 Å². The predicted molar refractivity (Wildman–Crippen MR) is 105 cm³/mol. The number of methoxy groups -OCH3 is 1. The third-order valence-electron chi connectivity index (χ3n) is 4.03. The number of amides is 2. The maximum absolute atomic E-state index is 12.2. The van der Waals surface area contributed by atoms with Crippen LogP contribution in [0.5, 0.6) is 17.2 Å². The fourth-order valence-electron chi connectivity index (χ4n) is 2.58. The number of nitrogens with one attached hydrogen (secondary N) is 2. The van der Waals surface area contributed by atoms with Gasteiger partial charge in [-0.3, -0.25) is 19.7 Å². The lowest BCUT2D eigenvalue weighted by Crippen LogP contribution is -2.46. The van der Waals surface area contributed by atoms with Gasteiger partial charge in [-0.2, -0.15) is 5.10 Å². The van der Waals surface area contributed by atoms with E-state index in [4.69, 9.17) is 14.2 Å². The van der Waals surface area contributed by atoms with Gasteiger partial charge in [0.1, 0.15) is 6.61 Å². The van der Waals surface area contributed by atoms with Crippen LogP contribution in [0.3, 0.4) is 0 Å². The van der Waals surface area contributed by atoms with E-state index in [2.05, 4.69) is 15.8 Å². The number of fused-ring (bicyclic) bond motifs is 1. The van der Waals surface area contributed by atoms with Crippen molar-refractivity contribution in [2.45, 2.75) is 6.10 Å². The van der Waals surface area contributed by atoms with Gasteiger partial charge in [-0.1, -0.05) is 12.1 Å². The minimum absolute atomic E-state index is 0.0267. The zero-order chi connectivity index (χ0) is 21.5. The van der Waals surface area contributed by atoms with Crippen molar-refractivity contribution in [3.63, 3.8) is 0 Å². The topological polar surface area (TPSA) is 141 Å². The second-order valence-corrected chi connectivity index (χ2v) is 6.06. The van der Waals surface area contributed by atoms with E-state index in [9.17, 15) is 19.7 Å². The number of rotatable bonds is 7. The zero-order valence-electron chi connectivity index (χ0n) is 15.9. The largest absolute Gasteiger partial charge is 0.490 e. The van der Waals surface area contributed by atoms with Crippen LogP contribution in [0.25, 0.3) is 0 Å². The van der Waals surface area contributed by atoms with Gasteiger partial charge >= 0.3 is 5.69 Å². The van der Waals surface area contributed by atoms with E-state index in [0.717, 1.165) is 0 Å². The first kappa shape index (κ1) is 20.6. The first-order chi connectivity index (χ1) is 14.5. The Bertz CT molecular complexity index is 993. The van der Waals surface area contributed by atoms with Gasteiger partial charge in [-0.25, -0.2) is 5.43 Å². The molecule has 0 unspecified atom stereocenters. The zero-order valence-corrected chi connectivity index (χ0v) is 15.9. The molecule has 0 aliphatic carbocycles. The summed E-state index contributed by atoms with van der Waals surface area (Å²) in [5, 5.41) is 17.2. The molecule has 30 heavy (non-hydrogen) atoms. The fraction of sp³-hybridized carbons (Fsp3) is 0.211. The molecular formula is C19H18N4O7. The summed E-state index contributed by atoms with van der Waals surface area (Å²) in [7, 11) is 1.33. The van der Waals surface area contributed by atoms with E-state index < -0.39 is 22.8 Å². The number of nitro benzene ring substituents is 1. The number of ether oxygens (including phenoxy) is 3. The van der Waals surface area contributed by atoms with Gasteiger partial charge in [-0.05, 0) is 24.3 Å². The molecule has 11 nitrogen and oxygen atoms in total. The number of carbonyl (C=O) groups excluding carboxylic acids is 2. The first-order valence-corrected chi connectivity index (χ1v) is 8.78. The molecule has 0 radical (unpaired) electrons. The number of hydrazone groups is 1. The highest BCUT2D eigenvalue weighted by atomic mass is 16.6. The molecule has 0 saturated heterocycles. The highest BCUT2D eigenvalue weighted by Gasteiger charge is 2.27. The van der Waals surface area contributed by atoms with Gasteiger partial charge in [0.15, 0.2) is 17.2 Å². The van der Waals surface area contributed by atoms with E-state index >= 15 is 0 Å². The second-order valence-electron chi connectivity index (χ2n) is 6.06. The standard InChI is InChI=1S/C19H18N4O7/c1-28-14-7-6-12(8-13(14)23(26)27)9-21-22-18(24)10-20-19(25)17-11-29-15-4-2-3-5-16(15)30-17/h2-9,17H,10-11H2,1H3,(H,20,25)(H,22,24)/b21-9+/t17-/m1/s1. The summed E-state index contributed by atoms with van der Waals surface area (Å²) in [6.45, 7) is -0.306. The van der Waals surface area contributed by atoms with Crippen LogP contribution in [0.15, 0.2) is 47.6 Å². The van der Waals surface area contributed by atoms with Crippen LogP contribution in [0.4, 0.5) is 5.69 Å². The van der Waals surface area contributed by atoms with Gasteiger partial charge in [0.05, 0.1) is 24.8 Å². The Hall–Kier alpha value is -4.15. The van der Waals surface area contributed by atoms with Crippen molar-refractivity contribution in [3.8, 4) is 17.2 Å². The Morgan fingerprint density at radius 2 is 2.07 bits per heavy atom. The molecule has 2 aromatic rings. The van der Waals surface area contributed by atoms with Crippen LogP contribution in [0, 0.1) is 10.1 Å². The van der Waals surface area contributed by atoms with Crippen molar-refractivity contribution in [2.24, 2.45) is 5.10 Å². The molecule has 2 amide bonds. The maximum atomic E-state index is 12.2. The Morgan fingerprint density at radius 3 is 2.80 bits per heavy atom. The normalized spacial score (nSPS) is 14.8. The van der Waals surface area contributed by atoms with Crippen molar-refractivity contribution in [3.05, 3.63) is 58.1 Å². The predicted octanol–water partition coefficient (Wildman–Crippen LogP) is 1.01. The molecule has 0 aromatic heterocycles. The number of para-hydroxylation sites is 2. The van der Waals surface area contributed by atoms with Gasteiger partial charge in [0.2, 0.25) is 6.10 Å². The first-order valence-electron chi connectivity index (χ1n) is 8.78. The van der Waals surface area contributed by atoms with Crippen molar-refractivity contribution in [1.29, 1.82) is 0 Å². The number of benzene rings is 2. The number of nitro groups is 1. The molecule has 1 aliphatic rings. The number of carbonyl (C=O) groups is 2. The monoisotopic (exact) mass is 414 g/mol. The number of hydrogen-bond acceptors (Lipinski definition) is 8. The van der Waals surface area contributed by atoms with E-state index in [0.29, 0.717) is 17.1 Å². The second kappa shape index (κ2) is 9.37. The molecule has 0 spiro atoms. The highest BCUT2D eigenvalue weighted by Crippen LogP contribution is 2.30. The van der Waals surface area contributed by atoms with Crippen LogP contribution in [-0.2, 0) is 9.59 Å². The third kappa shape index (κ3) is 5.01. The summed E-state index contributed by atoms with van der Waals surface area (Å²) < 4.78 is 15.9. The molecule has 3 rings (SSSR count). The van der Waals surface area contributed by atoms with Crippen LogP contribution >= 0.6 is 0 Å². The molecule has 1 aliphatic heterocycles. The minimum Gasteiger partial charge on any atom is -0.490 e. The third-order valence-corrected chi connectivity index (χ3v) is 4.03. The van der Waals surface area contributed by atoms with E-state index in [1.165, 1.54) is 25.5 Å². The molecule has 1 heterocycles. The Morgan fingerprint density at radius 1 is 1.30 bits per heavy atom. The lowest BCUT2D eigenvalue weighted by Gasteiger charge is -2.25. The molecule has 2 N–H and O–H groups in total. The van der Waals surface area contributed by atoms with Gasteiger partial charge in [0.25, 0.3) is 11.8 Å². The quantitative estimate of drug-likeness (QED) is 0.391. The molecule has 0 bridgehead atoms. The molecule has 2 aromatic carbocycles. The molecular weight excluding hydrogens is 396 g/mol. The summed E-state index contributed by atoms with van der Waals surface area (Å²) in [4.78, 5) is 34.4. The molecule has 1 atom stereocenters. The van der Waals surface area contributed by atoms with Crippen molar-refractivity contribution < 1.29 is 28.7 Å². The highest BCUT2D eigenvalue weighted by molar-refractivity contribution is 5.88. The smallest absolute Gasteiger partial charge is 0.311 e. The Labute approximate surface area is 170 Å². The van der Waals surface area contributed by atoms with E-state index in [1.807, 2.05) is 0 Å².